The Bertz CT molecular complexity index is 1090. The van der Waals surface area contributed by atoms with Crippen molar-refractivity contribution < 1.29 is 13.9 Å². The van der Waals surface area contributed by atoms with E-state index in [2.05, 4.69) is 50.4 Å². The first-order valence-corrected chi connectivity index (χ1v) is 11.1. The van der Waals surface area contributed by atoms with Crippen molar-refractivity contribution in [1.82, 2.24) is 5.32 Å². The van der Waals surface area contributed by atoms with Crippen LogP contribution < -0.4 is 10.1 Å². The van der Waals surface area contributed by atoms with E-state index in [0.717, 1.165) is 46.1 Å². The topological polar surface area (TPSA) is 51.5 Å². The molecule has 0 aliphatic rings. The van der Waals surface area contributed by atoms with E-state index in [1.807, 2.05) is 13.0 Å². The van der Waals surface area contributed by atoms with E-state index in [9.17, 15) is 4.79 Å². The highest BCUT2D eigenvalue weighted by atomic mass is 16.5. The van der Waals surface area contributed by atoms with Crippen LogP contribution in [0, 0.1) is 13.8 Å². The molecular weight excluding hydrogens is 386 g/mol. The Kier molecular flexibility index (Phi) is 7.56. The van der Waals surface area contributed by atoms with Crippen LogP contribution in [0.15, 0.2) is 47.1 Å². The number of benzene rings is 2. The van der Waals surface area contributed by atoms with E-state index >= 15 is 0 Å². The minimum absolute atomic E-state index is 0.0713. The second-order valence-electron chi connectivity index (χ2n) is 8.20. The third-order valence-electron chi connectivity index (χ3n) is 5.67. The van der Waals surface area contributed by atoms with Crippen LogP contribution in [0.3, 0.4) is 0 Å². The number of rotatable bonds is 9. The third kappa shape index (κ3) is 5.38. The van der Waals surface area contributed by atoms with E-state index in [0.29, 0.717) is 12.3 Å². The van der Waals surface area contributed by atoms with Crippen LogP contribution >= 0.6 is 0 Å². The zero-order valence-electron chi connectivity index (χ0n) is 19.3. The van der Waals surface area contributed by atoms with Gasteiger partial charge in [0.15, 0.2) is 0 Å². The van der Waals surface area contributed by atoms with Crippen molar-refractivity contribution in [3.63, 3.8) is 0 Å². The highest BCUT2D eigenvalue weighted by Crippen LogP contribution is 2.38. The molecule has 0 aliphatic heterocycles. The summed E-state index contributed by atoms with van der Waals surface area (Å²) >= 11 is 0. The second kappa shape index (κ2) is 10.3. The van der Waals surface area contributed by atoms with Gasteiger partial charge in [-0.15, -0.1) is 0 Å². The van der Waals surface area contributed by atoms with Crippen LogP contribution in [0.25, 0.3) is 27.7 Å². The van der Waals surface area contributed by atoms with E-state index in [-0.39, 0.29) is 5.91 Å². The van der Waals surface area contributed by atoms with Crippen molar-refractivity contribution in [3.05, 3.63) is 59.4 Å². The van der Waals surface area contributed by atoms with Gasteiger partial charge in [0, 0.05) is 35.2 Å². The fourth-order valence-corrected chi connectivity index (χ4v) is 3.95. The third-order valence-corrected chi connectivity index (χ3v) is 5.67. The number of furan rings is 1. The Morgan fingerprint density at radius 1 is 1.10 bits per heavy atom. The highest BCUT2D eigenvalue weighted by Gasteiger charge is 2.16. The summed E-state index contributed by atoms with van der Waals surface area (Å²) in [6, 6.07) is 10.4. The Morgan fingerprint density at radius 2 is 1.90 bits per heavy atom. The molecule has 0 bridgehead atoms. The van der Waals surface area contributed by atoms with Gasteiger partial charge in [0.25, 0.3) is 0 Å². The maximum Gasteiger partial charge on any atom is 0.244 e. The van der Waals surface area contributed by atoms with Crippen LogP contribution in [0.5, 0.6) is 5.75 Å². The molecule has 1 amide bonds. The molecule has 0 fully saturated rings. The summed E-state index contributed by atoms with van der Waals surface area (Å²) in [6.45, 7) is 9.03. The first-order valence-electron chi connectivity index (χ1n) is 11.1. The van der Waals surface area contributed by atoms with Crippen molar-refractivity contribution in [1.29, 1.82) is 0 Å². The van der Waals surface area contributed by atoms with E-state index in [4.69, 9.17) is 9.15 Å². The molecule has 31 heavy (non-hydrogen) atoms. The smallest absolute Gasteiger partial charge is 0.244 e. The molecule has 4 heteroatoms. The molecule has 4 nitrogen and oxygen atoms in total. The number of amides is 1. The van der Waals surface area contributed by atoms with E-state index in [1.54, 1.807) is 19.4 Å². The summed E-state index contributed by atoms with van der Waals surface area (Å²) in [5.41, 5.74) is 7.15. The van der Waals surface area contributed by atoms with Crippen molar-refractivity contribution in [2.24, 2.45) is 0 Å². The van der Waals surface area contributed by atoms with Crippen molar-refractivity contribution in [2.75, 3.05) is 13.7 Å². The number of allylic oxidation sites excluding steroid dienone is 1. The van der Waals surface area contributed by atoms with Crippen LogP contribution in [-0.4, -0.2) is 19.6 Å². The summed E-state index contributed by atoms with van der Waals surface area (Å²) in [5.74, 6) is 0.622. The lowest BCUT2D eigenvalue weighted by Gasteiger charge is -2.11. The summed E-state index contributed by atoms with van der Waals surface area (Å²) in [6.07, 6.45) is 8.00. The van der Waals surface area contributed by atoms with Crippen LogP contribution in [-0.2, 0) is 4.79 Å². The van der Waals surface area contributed by atoms with Crippen LogP contribution in [0.2, 0.25) is 0 Å². The normalized spacial score (nSPS) is 11.7. The molecule has 1 aromatic heterocycles. The monoisotopic (exact) mass is 419 g/mol. The molecule has 0 spiro atoms. The quantitative estimate of drug-likeness (QED) is 0.306. The predicted molar refractivity (Wildman–Crippen MR) is 128 cm³/mol. The fraction of sp³-hybridized carbons (Fsp3) is 0.370. The summed E-state index contributed by atoms with van der Waals surface area (Å²) in [5, 5.41) is 4.00. The van der Waals surface area contributed by atoms with Gasteiger partial charge >= 0.3 is 0 Å². The molecule has 0 radical (unpaired) electrons. The number of hydrogen-bond acceptors (Lipinski definition) is 3. The average molecular weight is 420 g/mol. The molecule has 3 rings (SSSR count). The lowest BCUT2D eigenvalue weighted by atomic mass is 9.96. The Balaban J connectivity index is 1.91. The molecule has 3 aromatic rings. The van der Waals surface area contributed by atoms with Crippen molar-refractivity contribution in [3.8, 4) is 16.9 Å². The van der Waals surface area contributed by atoms with Crippen molar-refractivity contribution >= 4 is 22.4 Å². The van der Waals surface area contributed by atoms with Crippen molar-refractivity contribution in [2.45, 2.75) is 53.4 Å². The standard InChI is InChI=1S/C27H33NO3/c1-6-7-8-9-12-28-27(29)14-20(4)22-15-23-24(17-31-26(23)16-25(22)30-5)21-11-10-18(2)13-19(21)3/h10-11,13-17H,6-9,12H2,1-5H3,(H,28,29)/b20-14+. The average Bonchev–Trinajstić information content (AvgIpc) is 3.15. The number of fused-ring (bicyclic) bond motifs is 1. The molecule has 0 atom stereocenters. The largest absolute Gasteiger partial charge is 0.496 e. The maximum atomic E-state index is 12.4. The highest BCUT2D eigenvalue weighted by molar-refractivity contribution is 6.00. The van der Waals surface area contributed by atoms with Crippen LogP contribution in [0.1, 0.15) is 56.2 Å². The predicted octanol–water partition coefficient (Wildman–Crippen LogP) is 6.83. The molecular formula is C27H33NO3. The first-order chi connectivity index (χ1) is 14.9. The molecule has 0 saturated carbocycles. The van der Waals surface area contributed by atoms with Crippen LogP contribution in [0.4, 0.5) is 0 Å². The summed E-state index contributed by atoms with van der Waals surface area (Å²) < 4.78 is 11.5. The molecule has 2 aromatic carbocycles. The van der Waals surface area contributed by atoms with E-state index < -0.39 is 0 Å². The van der Waals surface area contributed by atoms with Gasteiger partial charge in [0.1, 0.15) is 11.3 Å². The molecule has 0 aliphatic carbocycles. The lowest BCUT2D eigenvalue weighted by Crippen LogP contribution is -2.22. The van der Waals surface area contributed by atoms with Gasteiger partial charge in [-0.2, -0.15) is 0 Å². The van der Waals surface area contributed by atoms with Gasteiger partial charge in [-0.1, -0.05) is 49.9 Å². The summed E-state index contributed by atoms with van der Waals surface area (Å²) in [7, 11) is 1.64. The number of methoxy groups -OCH3 is 1. The van der Waals surface area contributed by atoms with Gasteiger partial charge < -0.3 is 14.5 Å². The van der Waals surface area contributed by atoms with Gasteiger partial charge in [0.05, 0.1) is 13.4 Å². The first kappa shape index (κ1) is 22.7. The Labute approximate surface area is 185 Å². The second-order valence-corrected chi connectivity index (χ2v) is 8.20. The van der Waals surface area contributed by atoms with E-state index in [1.165, 1.54) is 24.0 Å². The minimum Gasteiger partial charge on any atom is -0.496 e. The fourth-order valence-electron chi connectivity index (χ4n) is 3.95. The SMILES string of the molecule is CCCCCCNC(=O)/C=C(\C)c1cc2c(-c3ccc(C)cc3C)coc2cc1OC. The number of carbonyl (C=O) groups excluding carboxylic acids is 1. The molecule has 164 valence electrons. The Morgan fingerprint density at radius 3 is 2.61 bits per heavy atom. The zero-order valence-corrected chi connectivity index (χ0v) is 19.3. The number of unbranched alkanes of at least 4 members (excludes halogenated alkanes) is 3. The molecule has 1 heterocycles. The molecule has 1 N–H and O–H groups in total. The number of aryl methyl sites for hydroxylation is 2. The maximum absolute atomic E-state index is 12.4. The summed E-state index contributed by atoms with van der Waals surface area (Å²) in [4.78, 5) is 12.4. The van der Waals surface area contributed by atoms with Gasteiger partial charge in [-0.05, 0) is 50.0 Å². The Hall–Kier alpha value is -3.01. The lowest BCUT2D eigenvalue weighted by molar-refractivity contribution is -0.116. The number of ether oxygens (including phenoxy) is 1. The number of hydrogen-bond donors (Lipinski definition) is 1. The van der Waals surface area contributed by atoms with Gasteiger partial charge in [0.2, 0.25) is 5.91 Å². The zero-order chi connectivity index (χ0) is 22.4. The number of carbonyl (C=O) groups is 1. The van der Waals surface area contributed by atoms with Gasteiger partial charge in [-0.3, -0.25) is 4.79 Å². The molecule has 0 unspecified atom stereocenters. The minimum atomic E-state index is -0.0713. The molecule has 0 saturated heterocycles. The van der Waals surface area contributed by atoms with Gasteiger partial charge in [-0.25, -0.2) is 0 Å². The number of nitrogens with one attached hydrogen (secondary N) is 1.